The number of rotatable bonds is 4. The number of nitrogens with zero attached hydrogens (tertiary/aromatic N) is 1. The molecule has 0 aromatic rings. The molecule has 0 aliphatic carbocycles. The van der Waals surface area contributed by atoms with E-state index in [0.29, 0.717) is 37.5 Å². The summed E-state index contributed by atoms with van der Waals surface area (Å²) in [6.07, 6.45) is 3.33. The highest BCUT2D eigenvalue weighted by Crippen LogP contribution is 2.22. The van der Waals surface area contributed by atoms with Gasteiger partial charge in [0.15, 0.2) is 0 Å². The molecular weight excluding hydrogens is 250 g/mol. The van der Waals surface area contributed by atoms with Crippen molar-refractivity contribution in [1.82, 2.24) is 14.3 Å². The first-order chi connectivity index (χ1) is 8.47. The minimum Gasteiger partial charge on any atom is -0.313 e. The highest BCUT2D eigenvalue weighted by molar-refractivity contribution is 7.87. The van der Waals surface area contributed by atoms with Crippen LogP contribution in [0, 0.1) is 11.8 Å². The third-order valence-electron chi connectivity index (χ3n) is 3.85. The van der Waals surface area contributed by atoms with Crippen LogP contribution in [0.4, 0.5) is 0 Å². The van der Waals surface area contributed by atoms with Crippen molar-refractivity contribution in [3.63, 3.8) is 0 Å². The van der Waals surface area contributed by atoms with Crippen LogP contribution in [0.25, 0.3) is 0 Å². The fourth-order valence-electron chi connectivity index (χ4n) is 3.03. The summed E-state index contributed by atoms with van der Waals surface area (Å²) in [5.41, 5.74) is 0. The van der Waals surface area contributed by atoms with Crippen molar-refractivity contribution in [2.24, 2.45) is 11.8 Å². The highest BCUT2D eigenvalue weighted by atomic mass is 32.2. The van der Waals surface area contributed by atoms with Crippen molar-refractivity contribution in [3.8, 4) is 0 Å². The van der Waals surface area contributed by atoms with Gasteiger partial charge in [-0.3, -0.25) is 0 Å². The highest BCUT2D eigenvalue weighted by Gasteiger charge is 2.30. The molecule has 0 amide bonds. The third-order valence-corrected chi connectivity index (χ3v) is 5.36. The van der Waals surface area contributed by atoms with Gasteiger partial charge in [0.05, 0.1) is 0 Å². The Kier molecular flexibility index (Phi) is 4.64. The molecule has 6 heteroatoms. The van der Waals surface area contributed by atoms with Gasteiger partial charge < -0.3 is 5.32 Å². The molecule has 0 radical (unpaired) electrons. The first-order valence-corrected chi connectivity index (χ1v) is 8.39. The molecule has 5 nitrogen and oxygen atoms in total. The van der Waals surface area contributed by atoms with Crippen molar-refractivity contribution in [1.29, 1.82) is 0 Å². The standard InChI is InChI=1S/C12H25N3O2S/c1-10-6-11(2)9-15(8-10)18(16,17)14-7-12-4-3-5-13-12/h10-14H,3-9H2,1-2H3. The van der Waals surface area contributed by atoms with Crippen LogP contribution in [0.3, 0.4) is 0 Å². The Morgan fingerprint density at radius 3 is 2.50 bits per heavy atom. The molecule has 2 saturated heterocycles. The zero-order valence-corrected chi connectivity index (χ0v) is 12.2. The van der Waals surface area contributed by atoms with Crippen LogP contribution < -0.4 is 10.0 Å². The number of nitrogens with one attached hydrogen (secondary N) is 2. The lowest BCUT2D eigenvalue weighted by molar-refractivity contribution is 0.220. The van der Waals surface area contributed by atoms with Crippen molar-refractivity contribution < 1.29 is 8.42 Å². The molecule has 0 spiro atoms. The lowest BCUT2D eigenvalue weighted by atomic mass is 9.94. The molecule has 3 atom stereocenters. The van der Waals surface area contributed by atoms with Crippen LogP contribution in [0.15, 0.2) is 0 Å². The quantitative estimate of drug-likeness (QED) is 0.788. The zero-order chi connectivity index (χ0) is 13.2. The van der Waals surface area contributed by atoms with E-state index in [-0.39, 0.29) is 0 Å². The second-order valence-electron chi connectivity index (χ2n) is 5.91. The summed E-state index contributed by atoms with van der Waals surface area (Å²) >= 11 is 0. The fraction of sp³-hybridized carbons (Fsp3) is 1.00. The molecule has 0 bridgehead atoms. The summed E-state index contributed by atoms with van der Waals surface area (Å²) in [5.74, 6) is 0.907. The first kappa shape index (κ1) is 14.2. The van der Waals surface area contributed by atoms with Gasteiger partial charge in [0.2, 0.25) is 0 Å². The summed E-state index contributed by atoms with van der Waals surface area (Å²) in [6, 6.07) is 0.305. The molecule has 2 N–H and O–H groups in total. The predicted molar refractivity (Wildman–Crippen MR) is 72.5 cm³/mol. The lowest BCUT2D eigenvalue weighted by Gasteiger charge is -2.34. The summed E-state index contributed by atoms with van der Waals surface area (Å²) in [6.45, 7) is 7.06. The van der Waals surface area contributed by atoms with Crippen molar-refractivity contribution in [2.75, 3.05) is 26.2 Å². The Balaban J connectivity index is 1.88. The van der Waals surface area contributed by atoms with E-state index < -0.39 is 10.2 Å². The van der Waals surface area contributed by atoms with Crippen LogP contribution in [0.2, 0.25) is 0 Å². The van der Waals surface area contributed by atoms with Gasteiger partial charge in [-0.25, -0.2) is 4.72 Å². The molecule has 106 valence electrons. The molecular formula is C12H25N3O2S. The van der Waals surface area contributed by atoms with E-state index in [4.69, 9.17) is 0 Å². The summed E-state index contributed by atoms with van der Waals surface area (Å²) in [5, 5.41) is 3.30. The van der Waals surface area contributed by atoms with Gasteiger partial charge in [-0.1, -0.05) is 13.8 Å². The molecule has 0 saturated carbocycles. The van der Waals surface area contributed by atoms with Crippen LogP contribution in [0.5, 0.6) is 0 Å². The zero-order valence-electron chi connectivity index (χ0n) is 11.4. The molecule has 2 aliphatic rings. The Hall–Kier alpha value is -0.170. The second kappa shape index (κ2) is 5.86. The first-order valence-electron chi connectivity index (χ1n) is 6.95. The normalized spacial score (nSPS) is 34.9. The van der Waals surface area contributed by atoms with E-state index in [0.717, 1.165) is 25.8 Å². The van der Waals surface area contributed by atoms with Gasteiger partial charge in [0.25, 0.3) is 10.2 Å². The van der Waals surface area contributed by atoms with E-state index >= 15 is 0 Å². The average Bonchev–Trinajstić information content (AvgIpc) is 2.78. The van der Waals surface area contributed by atoms with Gasteiger partial charge in [0, 0.05) is 25.7 Å². The van der Waals surface area contributed by atoms with E-state index in [9.17, 15) is 8.42 Å². The van der Waals surface area contributed by atoms with Gasteiger partial charge in [0.1, 0.15) is 0 Å². The molecule has 2 rings (SSSR count). The Bertz CT molecular complexity index is 356. The minimum absolute atomic E-state index is 0.305. The Morgan fingerprint density at radius 1 is 1.28 bits per heavy atom. The smallest absolute Gasteiger partial charge is 0.279 e. The van der Waals surface area contributed by atoms with Gasteiger partial charge in [-0.05, 0) is 37.6 Å². The number of hydrogen-bond donors (Lipinski definition) is 2. The fourth-order valence-corrected chi connectivity index (χ4v) is 4.53. The van der Waals surface area contributed by atoms with Crippen LogP contribution in [-0.2, 0) is 10.2 Å². The molecule has 0 aromatic heterocycles. The van der Waals surface area contributed by atoms with E-state index in [2.05, 4.69) is 23.9 Å². The maximum Gasteiger partial charge on any atom is 0.279 e. The molecule has 2 heterocycles. The summed E-state index contributed by atoms with van der Waals surface area (Å²) < 4.78 is 28.8. The van der Waals surface area contributed by atoms with Crippen molar-refractivity contribution in [3.05, 3.63) is 0 Å². The third kappa shape index (κ3) is 3.66. The van der Waals surface area contributed by atoms with Crippen LogP contribution in [-0.4, -0.2) is 44.9 Å². The maximum atomic E-state index is 12.2. The van der Waals surface area contributed by atoms with Gasteiger partial charge >= 0.3 is 0 Å². The van der Waals surface area contributed by atoms with Gasteiger partial charge in [-0.15, -0.1) is 0 Å². The van der Waals surface area contributed by atoms with Gasteiger partial charge in [-0.2, -0.15) is 12.7 Å². The number of hydrogen-bond acceptors (Lipinski definition) is 3. The average molecular weight is 275 g/mol. The van der Waals surface area contributed by atoms with Crippen molar-refractivity contribution in [2.45, 2.75) is 39.2 Å². The van der Waals surface area contributed by atoms with E-state index in [1.807, 2.05) is 0 Å². The predicted octanol–water partition coefficient (Wildman–Crippen LogP) is 0.551. The minimum atomic E-state index is -3.29. The monoisotopic (exact) mass is 275 g/mol. The lowest BCUT2D eigenvalue weighted by Crippen LogP contribution is -2.50. The largest absolute Gasteiger partial charge is 0.313 e. The Labute approximate surface area is 110 Å². The van der Waals surface area contributed by atoms with Crippen LogP contribution in [0.1, 0.15) is 33.1 Å². The maximum absolute atomic E-state index is 12.2. The molecule has 3 unspecified atom stereocenters. The molecule has 18 heavy (non-hydrogen) atoms. The van der Waals surface area contributed by atoms with Crippen LogP contribution >= 0.6 is 0 Å². The summed E-state index contributed by atoms with van der Waals surface area (Å²) in [7, 11) is -3.29. The molecule has 2 aliphatic heterocycles. The van der Waals surface area contributed by atoms with Crippen molar-refractivity contribution >= 4 is 10.2 Å². The topological polar surface area (TPSA) is 61.4 Å². The molecule has 0 aromatic carbocycles. The number of piperidine rings is 1. The Morgan fingerprint density at radius 2 is 1.94 bits per heavy atom. The second-order valence-corrected chi connectivity index (χ2v) is 7.67. The summed E-state index contributed by atoms with van der Waals surface area (Å²) in [4.78, 5) is 0. The van der Waals surface area contributed by atoms with E-state index in [1.165, 1.54) is 0 Å². The molecule has 2 fully saturated rings. The SMILES string of the molecule is CC1CC(C)CN(S(=O)(=O)NCC2CCCN2)C1. The van der Waals surface area contributed by atoms with E-state index in [1.54, 1.807) is 4.31 Å².